The molecule has 2 saturated carbocycles. The van der Waals surface area contributed by atoms with E-state index < -0.39 is 17.9 Å². The second-order valence-electron chi connectivity index (χ2n) is 9.87. The standard InChI is InChI=1S/C25H30Cl2N2O5/c1-13-10-28-24(32)18(13)9-16(11-30)29-25(33)23-17-4-2-3-14(17)7-19(23)21(31)12-34-22-6-5-15(26)8-20(22)27/h5-6,8,11,13-14,16-19,23H,2-4,7,9-10,12H2,1H3,(H,28,32)(H,29,33)/t13-,14?,16+,17+,18-,19?,23-/m1/s1. The molecule has 2 unspecified atom stereocenters. The van der Waals surface area contributed by atoms with E-state index in [0.717, 1.165) is 19.3 Å². The first-order valence-electron chi connectivity index (χ1n) is 11.9. The van der Waals surface area contributed by atoms with Crippen LogP contribution in [0.2, 0.25) is 10.0 Å². The van der Waals surface area contributed by atoms with Crippen molar-refractivity contribution in [3.05, 3.63) is 28.2 Å². The maximum atomic E-state index is 13.4. The highest BCUT2D eigenvalue weighted by Gasteiger charge is 2.51. The van der Waals surface area contributed by atoms with Crippen LogP contribution in [-0.2, 0) is 19.2 Å². The van der Waals surface area contributed by atoms with Crippen LogP contribution in [0, 0.1) is 35.5 Å². The van der Waals surface area contributed by atoms with Crippen molar-refractivity contribution in [3.8, 4) is 5.75 Å². The van der Waals surface area contributed by atoms with E-state index in [0.29, 0.717) is 41.0 Å². The molecule has 2 N–H and O–H groups in total. The molecule has 1 aromatic rings. The molecule has 0 radical (unpaired) electrons. The van der Waals surface area contributed by atoms with Crippen LogP contribution in [0.1, 0.15) is 39.0 Å². The molecular formula is C25H30Cl2N2O5. The fourth-order valence-electron chi connectivity index (χ4n) is 5.99. The summed E-state index contributed by atoms with van der Waals surface area (Å²) in [5, 5.41) is 6.44. The number of aldehydes is 1. The number of hydrogen-bond acceptors (Lipinski definition) is 5. The molecule has 1 saturated heterocycles. The highest BCUT2D eigenvalue weighted by atomic mass is 35.5. The zero-order valence-electron chi connectivity index (χ0n) is 19.1. The summed E-state index contributed by atoms with van der Waals surface area (Å²) in [5.74, 6) is -0.887. The van der Waals surface area contributed by atoms with E-state index in [1.807, 2.05) is 6.92 Å². The Morgan fingerprint density at radius 1 is 1.29 bits per heavy atom. The predicted octanol–water partition coefficient (Wildman–Crippen LogP) is 3.45. The Labute approximate surface area is 209 Å². The number of rotatable bonds is 9. The average molecular weight is 509 g/mol. The van der Waals surface area contributed by atoms with Crippen LogP contribution in [-0.4, -0.2) is 43.1 Å². The summed E-state index contributed by atoms with van der Waals surface area (Å²) >= 11 is 12.1. The summed E-state index contributed by atoms with van der Waals surface area (Å²) in [6.45, 7) is 2.34. The van der Waals surface area contributed by atoms with E-state index in [1.165, 1.54) is 0 Å². The van der Waals surface area contributed by atoms with Crippen molar-refractivity contribution in [2.45, 2.75) is 45.1 Å². The van der Waals surface area contributed by atoms with Crippen molar-refractivity contribution in [2.24, 2.45) is 35.5 Å². The van der Waals surface area contributed by atoms with Crippen molar-refractivity contribution >= 4 is 47.1 Å². The Bertz CT molecular complexity index is 971. The molecule has 1 aromatic carbocycles. The van der Waals surface area contributed by atoms with Crippen molar-refractivity contribution in [3.63, 3.8) is 0 Å². The average Bonchev–Trinajstić information content (AvgIpc) is 3.48. The molecule has 7 nitrogen and oxygen atoms in total. The largest absolute Gasteiger partial charge is 0.484 e. The highest BCUT2D eigenvalue weighted by Crippen LogP contribution is 2.51. The van der Waals surface area contributed by atoms with E-state index in [2.05, 4.69) is 10.6 Å². The first-order chi connectivity index (χ1) is 16.3. The van der Waals surface area contributed by atoms with E-state index in [1.54, 1.807) is 18.2 Å². The summed E-state index contributed by atoms with van der Waals surface area (Å²) in [5.41, 5.74) is 0. The number of ether oxygens (including phenoxy) is 1. The van der Waals surface area contributed by atoms with Gasteiger partial charge < -0.3 is 20.2 Å². The summed E-state index contributed by atoms with van der Waals surface area (Å²) in [6, 6.07) is 4.03. The topological polar surface area (TPSA) is 102 Å². The maximum absolute atomic E-state index is 13.4. The quantitative estimate of drug-likeness (QED) is 0.497. The number of nitrogens with one attached hydrogen (secondary N) is 2. The molecule has 184 valence electrons. The number of carbonyl (C=O) groups is 4. The number of carbonyl (C=O) groups excluding carboxylic acids is 4. The lowest BCUT2D eigenvalue weighted by Crippen LogP contribution is -2.45. The summed E-state index contributed by atoms with van der Waals surface area (Å²) in [6.07, 6.45) is 4.53. The lowest BCUT2D eigenvalue weighted by atomic mass is 9.84. The fraction of sp³-hybridized carbons (Fsp3) is 0.600. The second-order valence-corrected chi connectivity index (χ2v) is 10.7. The first-order valence-corrected chi connectivity index (χ1v) is 12.7. The van der Waals surface area contributed by atoms with Crippen LogP contribution in [0.25, 0.3) is 0 Å². The van der Waals surface area contributed by atoms with Gasteiger partial charge >= 0.3 is 0 Å². The minimum Gasteiger partial charge on any atom is -0.484 e. The third-order valence-electron chi connectivity index (χ3n) is 7.77. The number of fused-ring (bicyclic) bond motifs is 1. The molecule has 3 fully saturated rings. The van der Waals surface area contributed by atoms with Gasteiger partial charge in [-0.15, -0.1) is 0 Å². The van der Waals surface area contributed by atoms with Gasteiger partial charge in [-0.2, -0.15) is 0 Å². The SMILES string of the molecule is C[C@@H]1CNC(=O)[C@@H]1C[C@@H](C=O)NC(=O)[C@H]1C(C(=O)COc2ccc(Cl)cc2Cl)CC2CCC[C@@H]21. The number of halogens is 2. The molecule has 34 heavy (non-hydrogen) atoms. The van der Waals surface area contributed by atoms with Gasteiger partial charge in [0.1, 0.15) is 18.6 Å². The van der Waals surface area contributed by atoms with Gasteiger partial charge in [0.15, 0.2) is 5.78 Å². The van der Waals surface area contributed by atoms with E-state index in [4.69, 9.17) is 27.9 Å². The Hall–Kier alpha value is -2.12. The van der Waals surface area contributed by atoms with Gasteiger partial charge in [0.2, 0.25) is 11.8 Å². The lowest BCUT2D eigenvalue weighted by molar-refractivity contribution is -0.136. The minimum atomic E-state index is -0.760. The molecule has 0 spiro atoms. The maximum Gasteiger partial charge on any atom is 0.224 e. The van der Waals surface area contributed by atoms with E-state index in [9.17, 15) is 19.2 Å². The molecule has 3 aliphatic rings. The molecule has 7 atom stereocenters. The Balaban J connectivity index is 1.43. The van der Waals surface area contributed by atoms with Crippen molar-refractivity contribution in [2.75, 3.05) is 13.2 Å². The lowest BCUT2D eigenvalue weighted by Gasteiger charge is -2.25. The Morgan fingerprint density at radius 2 is 2.09 bits per heavy atom. The molecule has 0 aromatic heterocycles. The third kappa shape index (κ3) is 5.25. The molecule has 9 heteroatoms. The smallest absolute Gasteiger partial charge is 0.224 e. The predicted molar refractivity (Wildman–Crippen MR) is 128 cm³/mol. The monoisotopic (exact) mass is 508 g/mol. The van der Waals surface area contributed by atoms with Gasteiger partial charge in [-0.25, -0.2) is 0 Å². The van der Waals surface area contributed by atoms with Crippen LogP contribution < -0.4 is 15.4 Å². The second kappa shape index (κ2) is 10.6. The number of amides is 2. The third-order valence-corrected chi connectivity index (χ3v) is 8.30. The molecule has 2 amide bonds. The van der Waals surface area contributed by atoms with Crippen molar-refractivity contribution in [1.82, 2.24) is 10.6 Å². The number of hydrogen-bond donors (Lipinski definition) is 2. The van der Waals surface area contributed by atoms with Crippen molar-refractivity contribution < 1.29 is 23.9 Å². The zero-order chi connectivity index (χ0) is 24.4. The molecule has 4 rings (SSSR count). The number of Topliss-reactive ketones (excluding diaryl/α,β-unsaturated/α-hetero) is 1. The van der Waals surface area contributed by atoms with Gasteiger partial charge in [0.05, 0.1) is 17.0 Å². The van der Waals surface area contributed by atoms with Crippen LogP contribution in [0.5, 0.6) is 5.75 Å². The highest BCUT2D eigenvalue weighted by molar-refractivity contribution is 6.35. The first kappa shape index (κ1) is 25.0. The Kier molecular flexibility index (Phi) is 7.83. The Morgan fingerprint density at radius 3 is 2.76 bits per heavy atom. The fourth-order valence-corrected chi connectivity index (χ4v) is 6.46. The van der Waals surface area contributed by atoms with Gasteiger partial charge in [0, 0.05) is 23.4 Å². The van der Waals surface area contributed by atoms with Gasteiger partial charge in [0.25, 0.3) is 0 Å². The summed E-state index contributed by atoms with van der Waals surface area (Å²) in [4.78, 5) is 50.4. The number of ketones is 1. The van der Waals surface area contributed by atoms with E-state index in [-0.39, 0.29) is 48.4 Å². The van der Waals surface area contributed by atoms with Gasteiger partial charge in [-0.05, 0) is 55.2 Å². The normalized spacial score (nSPS) is 31.0. The molecule has 0 bridgehead atoms. The van der Waals surface area contributed by atoms with Crippen LogP contribution in [0.4, 0.5) is 0 Å². The number of benzene rings is 1. The van der Waals surface area contributed by atoms with Crippen LogP contribution >= 0.6 is 23.2 Å². The molecule has 2 aliphatic carbocycles. The summed E-state index contributed by atoms with van der Waals surface area (Å²) < 4.78 is 5.66. The molecular weight excluding hydrogens is 479 g/mol. The van der Waals surface area contributed by atoms with Crippen LogP contribution in [0.3, 0.4) is 0 Å². The van der Waals surface area contributed by atoms with Crippen molar-refractivity contribution in [1.29, 1.82) is 0 Å². The van der Waals surface area contributed by atoms with Crippen LogP contribution in [0.15, 0.2) is 18.2 Å². The molecule has 1 aliphatic heterocycles. The zero-order valence-corrected chi connectivity index (χ0v) is 20.6. The van der Waals surface area contributed by atoms with Gasteiger partial charge in [-0.3, -0.25) is 14.4 Å². The van der Waals surface area contributed by atoms with Gasteiger partial charge in [-0.1, -0.05) is 43.0 Å². The summed E-state index contributed by atoms with van der Waals surface area (Å²) in [7, 11) is 0. The molecule has 1 heterocycles. The van der Waals surface area contributed by atoms with E-state index >= 15 is 0 Å². The minimum absolute atomic E-state index is 0.0867.